The van der Waals surface area contributed by atoms with Gasteiger partial charge in [-0.05, 0) is 47.9 Å². The van der Waals surface area contributed by atoms with Crippen LogP contribution in [0.3, 0.4) is 0 Å². The van der Waals surface area contributed by atoms with Gasteiger partial charge in [-0.25, -0.2) is 0 Å². The monoisotopic (exact) mass is 319 g/mol. The summed E-state index contributed by atoms with van der Waals surface area (Å²) in [4.78, 5) is 12.6. The van der Waals surface area contributed by atoms with E-state index >= 15 is 0 Å². The quantitative estimate of drug-likeness (QED) is 0.723. The Balaban J connectivity index is 1.75. The van der Waals surface area contributed by atoms with Gasteiger partial charge in [0.1, 0.15) is 5.75 Å². The number of amides is 1. The Hall–Kier alpha value is -2.81. The number of para-hydroxylation sites is 1. The van der Waals surface area contributed by atoms with Crippen LogP contribution in [0.25, 0.3) is 10.8 Å². The van der Waals surface area contributed by atoms with E-state index in [9.17, 15) is 4.79 Å². The van der Waals surface area contributed by atoms with Gasteiger partial charge in [-0.1, -0.05) is 55.5 Å². The maximum atomic E-state index is 12.6. The molecule has 0 saturated heterocycles. The Kier molecular flexibility index (Phi) is 4.80. The third-order valence-corrected chi connectivity index (χ3v) is 4.04. The average Bonchev–Trinajstić information content (AvgIpc) is 2.61. The summed E-state index contributed by atoms with van der Waals surface area (Å²) in [7, 11) is 0. The third-order valence-electron chi connectivity index (χ3n) is 4.04. The highest BCUT2D eigenvalue weighted by molar-refractivity contribution is 5.96. The van der Waals surface area contributed by atoms with Crippen molar-refractivity contribution in [2.75, 3.05) is 5.32 Å². The fourth-order valence-corrected chi connectivity index (χ4v) is 2.65. The molecule has 3 heteroatoms. The number of hydrogen-bond donors (Lipinski definition) is 1. The Morgan fingerprint density at radius 2 is 1.71 bits per heavy atom. The van der Waals surface area contributed by atoms with E-state index in [4.69, 9.17) is 4.74 Å². The first-order valence-corrected chi connectivity index (χ1v) is 8.19. The summed E-state index contributed by atoms with van der Waals surface area (Å²) < 4.78 is 5.90. The standard InChI is InChI=1S/C21H21NO2/c1-3-19(24-20-11-7-4-8-15(20)2)21(23)22-18-13-12-16-9-5-6-10-17(16)14-18/h4-14,19H,3H2,1-2H3,(H,22,23)/t19-/m0/s1. The zero-order valence-corrected chi connectivity index (χ0v) is 14.0. The summed E-state index contributed by atoms with van der Waals surface area (Å²) in [6.45, 7) is 3.92. The summed E-state index contributed by atoms with van der Waals surface area (Å²) in [5.41, 5.74) is 1.81. The Morgan fingerprint density at radius 3 is 2.46 bits per heavy atom. The topological polar surface area (TPSA) is 38.3 Å². The van der Waals surface area contributed by atoms with Gasteiger partial charge in [0, 0.05) is 5.69 Å². The van der Waals surface area contributed by atoms with Gasteiger partial charge in [-0.15, -0.1) is 0 Å². The van der Waals surface area contributed by atoms with Crippen LogP contribution in [-0.2, 0) is 4.79 Å². The molecule has 0 bridgehead atoms. The number of ether oxygens (including phenoxy) is 1. The lowest BCUT2D eigenvalue weighted by atomic mass is 10.1. The molecule has 0 aliphatic carbocycles. The number of nitrogens with one attached hydrogen (secondary N) is 1. The molecular weight excluding hydrogens is 298 g/mol. The van der Waals surface area contributed by atoms with Crippen molar-refractivity contribution in [3.8, 4) is 5.75 Å². The predicted molar refractivity (Wildman–Crippen MR) is 98.5 cm³/mol. The number of rotatable bonds is 5. The average molecular weight is 319 g/mol. The van der Waals surface area contributed by atoms with Gasteiger partial charge >= 0.3 is 0 Å². The first-order chi connectivity index (χ1) is 11.7. The minimum Gasteiger partial charge on any atom is -0.480 e. The van der Waals surface area contributed by atoms with E-state index in [1.54, 1.807) is 0 Å². The SMILES string of the molecule is CC[C@H](Oc1ccccc1C)C(=O)Nc1ccc2ccccc2c1. The molecule has 0 aromatic heterocycles. The van der Waals surface area contributed by atoms with Crippen molar-refractivity contribution >= 4 is 22.4 Å². The van der Waals surface area contributed by atoms with E-state index in [1.807, 2.05) is 74.5 Å². The summed E-state index contributed by atoms with van der Waals surface area (Å²) >= 11 is 0. The number of benzene rings is 3. The number of fused-ring (bicyclic) bond motifs is 1. The van der Waals surface area contributed by atoms with Crippen LogP contribution in [0.5, 0.6) is 5.75 Å². The third kappa shape index (κ3) is 3.57. The van der Waals surface area contributed by atoms with Crippen LogP contribution in [0.2, 0.25) is 0 Å². The molecule has 1 N–H and O–H groups in total. The van der Waals surface area contributed by atoms with Gasteiger partial charge in [0.15, 0.2) is 6.10 Å². The molecule has 1 atom stereocenters. The molecule has 0 aliphatic rings. The van der Waals surface area contributed by atoms with Crippen LogP contribution in [0.15, 0.2) is 66.7 Å². The number of anilines is 1. The lowest BCUT2D eigenvalue weighted by Crippen LogP contribution is -2.32. The van der Waals surface area contributed by atoms with E-state index in [-0.39, 0.29) is 5.91 Å². The maximum Gasteiger partial charge on any atom is 0.265 e. The molecule has 0 heterocycles. The smallest absolute Gasteiger partial charge is 0.265 e. The van der Waals surface area contributed by atoms with Crippen molar-refractivity contribution in [3.05, 3.63) is 72.3 Å². The Bertz CT molecular complexity index is 857. The second-order valence-electron chi connectivity index (χ2n) is 5.83. The molecule has 0 saturated carbocycles. The molecule has 0 spiro atoms. The Morgan fingerprint density at radius 1 is 1.00 bits per heavy atom. The second kappa shape index (κ2) is 7.18. The Labute approximate surface area is 142 Å². The lowest BCUT2D eigenvalue weighted by Gasteiger charge is -2.18. The van der Waals surface area contributed by atoms with Crippen LogP contribution < -0.4 is 10.1 Å². The first-order valence-electron chi connectivity index (χ1n) is 8.19. The van der Waals surface area contributed by atoms with E-state index < -0.39 is 6.10 Å². The maximum absolute atomic E-state index is 12.6. The van der Waals surface area contributed by atoms with Crippen LogP contribution in [0, 0.1) is 6.92 Å². The molecule has 0 unspecified atom stereocenters. The van der Waals surface area contributed by atoms with Crippen LogP contribution in [0.4, 0.5) is 5.69 Å². The summed E-state index contributed by atoms with van der Waals surface area (Å²) in [6, 6.07) is 21.7. The molecular formula is C21H21NO2. The van der Waals surface area contributed by atoms with Gasteiger partial charge in [0.25, 0.3) is 5.91 Å². The fourth-order valence-electron chi connectivity index (χ4n) is 2.65. The number of aryl methyl sites for hydroxylation is 1. The van der Waals surface area contributed by atoms with Crippen molar-refractivity contribution in [1.82, 2.24) is 0 Å². The molecule has 3 aromatic rings. The predicted octanol–water partition coefficient (Wildman–Crippen LogP) is 4.94. The van der Waals surface area contributed by atoms with E-state index in [1.165, 1.54) is 0 Å². The van der Waals surface area contributed by atoms with Crippen LogP contribution in [0.1, 0.15) is 18.9 Å². The van der Waals surface area contributed by atoms with Crippen molar-refractivity contribution in [3.63, 3.8) is 0 Å². The van der Waals surface area contributed by atoms with E-state index in [0.29, 0.717) is 6.42 Å². The zero-order valence-electron chi connectivity index (χ0n) is 14.0. The van der Waals surface area contributed by atoms with Gasteiger partial charge in [-0.3, -0.25) is 4.79 Å². The molecule has 1 amide bonds. The van der Waals surface area contributed by atoms with Crippen molar-refractivity contribution in [2.45, 2.75) is 26.4 Å². The summed E-state index contributed by atoms with van der Waals surface area (Å²) in [6.07, 6.45) is 0.0888. The van der Waals surface area contributed by atoms with Gasteiger partial charge < -0.3 is 10.1 Å². The minimum atomic E-state index is -0.516. The van der Waals surface area contributed by atoms with E-state index in [2.05, 4.69) is 11.4 Å². The zero-order chi connectivity index (χ0) is 16.9. The highest BCUT2D eigenvalue weighted by atomic mass is 16.5. The van der Waals surface area contributed by atoms with Gasteiger partial charge in [-0.2, -0.15) is 0 Å². The number of carbonyl (C=O) groups is 1. The number of hydrogen-bond acceptors (Lipinski definition) is 2. The fraction of sp³-hybridized carbons (Fsp3) is 0.190. The highest BCUT2D eigenvalue weighted by Gasteiger charge is 2.19. The first kappa shape index (κ1) is 16.1. The van der Waals surface area contributed by atoms with Crippen LogP contribution in [-0.4, -0.2) is 12.0 Å². The van der Waals surface area contributed by atoms with Crippen molar-refractivity contribution in [1.29, 1.82) is 0 Å². The number of carbonyl (C=O) groups excluding carboxylic acids is 1. The second-order valence-corrected chi connectivity index (χ2v) is 5.83. The lowest BCUT2D eigenvalue weighted by molar-refractivity contribution is -0.122. The molecule has 3 nitrogen and oxygen atoms in total. The summed E-state index contributed by atoms with van der Waals surface area (Å²) in [5, 5.41) is 5.21. The molecule has 3 aromatic carbocycles. The molecule has 3 rings (SSSR count). The van der Waals surface area contributed by atoms with E-state index in [0.717, 1.165) is 27.8 Å². The largest absolute Gasteiger partial charge is 0.480 e. The van der Waals surface area contributed by atoms with Gasteiger partial charge in [0.05, 0.1) is 0 Å². The molecule has 0 fully saturated rings. The molecule has 0 radical (unpaired) electrons. The summed E-state index contributed by atoms with van der Waals surface area (Å²) in [5.74, 6) is 0.619. The molecule has 24 heavy (non-hydrogen) atoms. The normalized spacial score (nSPS) is 11.9. The van der Waals surface area contributed by atoms with Crippen LogP contribution >= 0.6 is 0 Å². The highest BCUT2D eigenvalue weighted by Crippen LogP contribution is 2.21. The van der Waals surface area contributed by atoms with Gasteiger partial charge in [0.2, 0.25) is 0 Å². The van der Waals surface area contributed by atoms with Crippen molar-refractivity contribution in [2.24, 2.45) is 0 Å². The molecule has 0 aliphatic heterocycles. The minimum absolute atomic E-state index is 0.129. The van der Waals surface area contributed by atoms with Crippen molar-refractivity contribution < 1.29 is 9.53 Å². The molecule has 122 valence electrons.